The first-order chi connectivity index (χ1) is 7.64. The van der Waals surface area contributed by atoms with Gasteiger partial charge in [0, 0.05) is 11.1 Å². The molecule has 0 heterocycles. The highest BCUT2D eigenvalue weighted by Crippen LogP contribution is 2.26. The van der Waals surface area contributed by atoms with Crippen LogP contribution in [0, 0.1) is 6.92 Å². The Morgan fingerprint density at radius 2 is 1.35 bits per heavy atom. The smallest absolute Gasteiger partial charge is 0.0718 e. The molecule has 0 radical (unpaired) electrons. The summed E-state index contributed by atoms with van der Waals surface area (Å²) in [6.45, 7) is 7.05. The second-order valence-corrected chi connectivity index (χ2v) is 5.02. The molecule has 4 nitrogen and oxygen atoms in total. The number of aromatic carboxylic acids is 2. The van der Waals surface area contributed by atoms with E-state index in [1.165, 1.54) is 19.1 Å². The minimum atomic E-state index is -1.38. The fraction of sp³-hybridized carbons (Fsp3) is 0.385. The SMILES string of the molecule is Cc1c(C(=O)[O-])cc(C(C)(C)C)cc1C(=O)[O-]. The van der Waals surface area contributed by atoms with Gasteiger partial charge in [0.1, 0.15) is 0 Å². The van der Waals surface area contributed by atoms with Crippen LogP contribution in [0.3, 0.4) is 0 Å². The van der Waals surface area contributed by atoms with E-state index in [9.17, 15) is 19.8 Å². The van der Waals surface area contributed by atoms with Crippen LogP contribution in [0.1, 0.15) is 52.6 Å². The molecule has 0 saturated carbocycles. The third kappa shape index (κ3) is 2.64. The summed E-state index contributed by atoms with van der Waals surface area (Å²) in [6, 6.07) is 2.91. The molecule has 0 aliphatic heterocycles. The van der Waals surface area contributed by atoms with Crippen molar-refractivity contribution in [3.05, 3.63) is 34.4 Å². The van der Waals surface area contributed by atoms with Gasteiger partial charge in [-0.25, -0.2) is 0 Å². The third-order valence-corrected chi connectivity index (χ3v) is 2.71. The molecule has 0 aliphatic rings. The summed E-state index contributed by atoms with van der Waals surface area (Å²) in [5.74, 6) is -2.76. The summed E-state index contributed by atoms with van der Waals surface area (Å²) >= 11 is 0. The quantitative estimate of drug-likeness (QED) is 0.722. The average Bonchev–Trinajstić information content (AvgIpc) is 2.14. The first-order valence-corrected chi connectivity index (χ1v) is 5.22. The van der Waals surface area contributed by atoms with Crippen LogP contribution in [-0.4, -0.2) is 11.9 Å². The molecule has 1 rings (SSSR count). The van der Waals surface area contributed by atoms with E-state index in [2.05, 4.69) is 0 Å². The molecular formula is C13H14O4-2. The summed E-state index contributed by atoms with van der Waals surface area (Å²) in [7, 11) is 0. The predicted octanol–water partition coefficient (Wildman–Crippen LogP) is 0.0195. The van der Waals surface area contributed by atoms with Gasteiger partial charge in [-0.05, 0) is 35.6 Å². The molecular weight excluding hydrogens is 220 g/mol. The van der Waals surface area contributed by atoms with Crippen LogP contribution in [0.4, 0.5) is 0 Å². The zero-order valence-corrected chi connectivity index (χ0v) is 10.3. The summed E-state index contributed by atoms with van der Waals surface area (Å²) in [6.07, 6.45) is 0. The van der Waals surface area contributed by atoms with E-state index in [0.717, 1.165) is 0 Å². The van der Waals surface area contributed by atoms with Crippen molar-refractivity contribution >= 4 is 11.9 Å². The Balaban J connectivity index is 3.59. The number of rotatable bonds is 2. The standard InChI is InChI=1S/C13H16O4/c1-7-9(11(14)15)5-8(13(2,3)4)6-10(7)12(16)17/h5-6H,1-4H3,(H,14,15)(H,16,17)/p-2. The van der Waals surface area contributed by atoms with E-state index in [1.54, 1.807) is 0 Å². The summed E-state index contributed by atoms with van der Waals surface area (Å²) in [4.78, 5) is 21.9. The van der Waals surface area contributed by atoms with Crippen molar-refractivity contribution in [1.82, 2.24) is 0 Å². The average molecular weight is 234 g/mol. The second kappa shape index (κ2) is 4.20. The number of carbonyl (C=O) groups excluding carboxylic acids is 2. The fourth-order valence-corrected chi connectivity index (χ4v) is 1.57. The van der Waals surface area contributed by atoms with Crippen LogP contribution in [0.25, 0.3) is 0 Å². The number of hydrogen-bond donors (Lipinski definition) is 0. The lowest BCUT2D eigenvalue weighted by Crippen LogP contribution is -2.29. The Bertz CT molecular complexity index is 446. The van der Waals surface area contributed by atoms with E-state index >= 15 is 0 Å². The summed E-state index contributed by atoms with van der Waals surface area (Å²) in [5, 5.41) is 21.9. The molecule has 0 aromatic heterocycles. The normalized spacial score (nSPS) is 11.3. The topological polar surface area (TPSA) is 80.3 Å². The van der Waals surface area contributed by atoms with Crippen molar-refractivity contribution in [3.63, 3.8) is 0 Å². The van der Waals surface area contributed by atoms with Gasteiger partial charge in [0.2, 0.25) is 0 Å². The predicted molar refractivity (Wildman–Crippen MR) is 58.5 cm³/mol. The zero-order chi connectivity index (χ0) is 13.4. The van der Waals surface area contributed by atoms with Crippen molar-refractivity contribution in [2.45, 2.75) is 33.1 Å². The minimum Gasteiger partial charge on any atom is -0.545 e. The highest BCUT2D eigenvalue weighted by molar-refractivity contribution is 5.95. The Morgan fingerprint density at radius 3 is 1.59 bits per heavy atom. The molecule has 0 amide bonds. The lowest BCUT2D eigenvalue weighted by Gasteiger charge is -2.23. The van der Waals surface area contributed by atoms with Gasteiger partial charge in [0.25, 0.3) is 0 Å². The lowest BCUT2D eigenvalue weighted by molar-refractivity contribution is -0.255. The van der Waals surface area contributed by atoms with Crippen molar-refractivity contribution in [2.75, 3.05) is 0 Å². The van der Waals surface area contributed by atoms with E-state index in [-0.39, 0.29) is 22.1 Å². The van der Waals surface area contributed by atoms with E-state index in [0.29, 0.717) is 5.56 Å². The number of carboxylic acids is 2. The van der Waals surface area contributed by atoms with E-state index < -0.39 is 11.9 Å². The Morgan fingerprint density at radius 1 is 1.00 bits per heavy atom. The first-order valence-electron chi connectivity index (χ1n) is 5.22. The number of carboxylic acid groups (broad SMARTS) is 2. The molecule has 1 aromatic rings. The highest BCUT2D eigenvalue weighted by Gasteiger charge is 2.18. The van der Waals surface area contributed by atoms with Crippen LogP contribution in [0.2, 0.25) is 0 Å². The van der Waals surface area contributed by atoms with Gasteiger partial charge in [0.15, 0.2) is 0 Å². The maximum absolute atomic E-state index is 11.0. The molecule has 92 valence electrons. The molecule has 0 fully saturated rings. The molecule has 0 spiro atoms. The minimum absolute atomic E-state index is 0.100. The van der Waals surface area contributed by atoms with Gasteiger partial charge in [0.05, 0.1) is 11.9 Å². The molecule has 17 heavy (non-hydrogen) atoms. The molecule has 0 N–H and O–H groups in total. The first kappa shape index (κ1) is 13.2. The lowest BCUT2D eigenvalue weighted by atomic mass is 9.83. The largest absolute Gasteiger partial charge is 0.545 e. The number of carbonyl (C=O) groups is 2. The van der Waals surface area contributed by atoms with Gasteiger partial charge in [-0.1, -0.05) is 20.8 Å². The van der Waals surface area contributed by atoms with Gasteiger partial charge >= 0.3 is 0 Å². The van der Waals surface area contributed by atoms with Crippen molar-refractivity contribution in [2.24, 2.45) is 0 Å². The highest BCUT2D eigenvalue weighted by atomic mass is 16.4. The molecule has 0 bridgehead atoms. The van der Waals surface area contributed by atoms with Crippen LogP contribution in [-0.2, 0) is 5.41 Å². The van der Waals surface area contributed by atoms with Crippen LogP contribution >= 0.6 is 0 Å². The Hall–Kier alpha value is -1.84. The number of hydrogen-bond acceptors (Lipinski definition) is 4. The van der Waals surface area contributed by atoms with E-state index in [4.69, 9.17) is 0 Å². The molecule has 4 heteroatoms. The van der Waals surface area contributed by atoms with Crippen LogP contribution < -0.4 is 10.2 Å². The molecule has 0 saturated heterocycles. The molecule has 0 atom stereocenters. The molecule has 1 aromatic carbocycles. The van der Waals surface area contributed by atoms with Crippen molar-refractivity contribution < 1.29 is 19.8 Å². The molecule has 0 aliphatic carbocycles. The summed E-state index contributed by atoms with van der Waals surface area (Å²) < 4.78 is 0. The van der Waals surface area contributed by atoms with E-state index in [1.807, 2.05) is 20.8 Å². The number of benzene rings is 1. The zero-order valence-electron chi connectivity index (χ0n) is 10.3. The van der Waals surface area contributed by atoms with Crippen LogP contribution in [0.15, 0.2) is 12.1 Å². The monoisotopic (exact) mass is 234 g/mol. The molecule has 0 unspecified atom stereocenters. The fourth-order valence-electron chi connectivity index (χ4n) is 1.57. The maximum Gasteiger partial charge on any atom is 0.0718 e. The Kier molecular flexibility index (Phi) is 3.27. The maximum atomic E-state index is 11.0. The van der Waals surface area contributed by atoms with Crippen LogP contribution in [0.5, 0.6) is 0 Å². The van der Waals surface area contributed by atoms with Gasteiger partial charge in [-0.2, -0.15) is 0 Å². The second-order valence-electron chi connectivity index (χ2n) is 5.02. The third-order valence-electron chi connectivity index (χ3n) is 2.71. The van der Waals surface area contributed by atoms with Gasteiger partial charge < -0.3 is 19.8 Å². The van der Waals surface area contributed by atoms with Gasteiger partial charge in [-0.15, -0.1) is 0 Å². The summed E-state index contributed by atoms with van der Waals surface area (Å²) in [5.41, 5.74) is 0.245. The Labute approximate surface area is 99.9 Å². The van der Waals surface area contributed by atoms with Gasteiger partial charge in [-0.3, -0.25) is 0 Å². The van der Waals surface area contributed by atoms with Crippen molar-refractivity contribution in [1.29, 1.82) is 0 Å². The van der Waals surface area contributed by atoms with Crippen molar-refractivity contribution in [3.8, 4) is 0 Å².